The van der Waals surface area contributed by atoms with E-state index in [0.717, 1.165) is 12.4 Å². The molecule has 0 radical (unpaired) electrons. The van der Waals surface area contributed by atoms with E-state index in [2.05, 4.69) is 61.5 Å². The Morgan fingerprint density at radius 2 is 1.43 bits per heavy atom. The normalized spacial score (nSPS) is 10.7. The Morgan fingerprint density at radius 1 is 0.762 bits per heavy atom. The Bertz CT molecular complexity index is 493. The first-order chi connectivity index (χ1) is 10.4. The number of benzene rings is 2. The molecule has 0 N–H and O–H groups in total. The zero-order valence-electron chi connectivity index (χ0n) is 12.7. The molecule has 0 amide bonds. The monoisotopic (exact) mass is 395 g/mol. The van der Waals surface area contributed by atoms with Gasteiger partial charge in [0.1, 0.15) is 0 Å². The predicted molar refractivity (Wildman–Crippen MR) is 84.5 cm³/mol. The van der Waals surface area contributed by atoms with Crippen molar-refractivity contribution in [3.05, 3.63) is 61.7 Å². The van der Waals surface area contributed by atoms with Gasteiger partial charge in [0.05, 0.1) is 0 Å². The zero-order valence-corrected chi connectivity index (χ0v) is 14.9. The van der Waals surface area contributed by atoms with Gasteiger partial charge < -0.3 is 0 Å². The molecule has 2 rings (SSSR count). The van der Waals surface area contributed by atoms with Gasteiger partial charge in [-0.25, -0.2) is 0 Å². The molecule has 0 heterocycles. The molecule has 0 atom stereocenters. The average molecular weight is 395 g/mol. The molecule has 0 spiro atoms. The second-order valence-corrected chi connectivity index (χ2v) is 8.14. The van der Waals surface area contributed by atoms with Gasteiger partial charge in [-0.1, -0.05) is 0 Å². The Kier molecular flexibility index (Phi) is 7.65. The van der Waals surface area contributed by atoms with E-state index in [1.807, 2.05) is 0 Å². The topological polar surface area (TPSA) is 9.23 Å². The SMILES string of the molecule is CCCCCCCOc1ccc([I-]c2ccccc2)cc1. The van der Waals surface area contributed by atoms with Crippen molar-refractivity contribution in [2.24, 2.45) is 0 Å². The van der Waals surface area contributed by atoms with Crippen molar-refractivity contribution in [1.82, 2.24) is 0 Å². The van der Waals surface area contributed by atoms with Gasteiger partial charge in [-0.15, -0.1) is 0 Å². The first kappa shape index (κ1) is 16.3. The summed E-state index contributed by atoms with van der Waals surface area (Å²) in [5.74, 6) is 1.01. The molecule has 0 aromatic heterocycles. The van der Waals surface area contributed by atoms with Crippen molar-refractivity contribution < 1.29 is 25.9 Å². The fourth-order valence-corrected chi connectivity index (χ4v) is 4.31. The molecular formula is C19H24IO-. The van der Waals surface area contributed by atoms with Crippen LogP contribution in [-0.2, 0) is 0 Å². The van der Waals surface area contributed by atoms with Crippen LogP contribution < -0.4 is 25.9 Å². The van der Waals surface area contributed by atoms with Crippen molar-refractivity contribution in [3.8, 4) is 5.75 Å². The van der Waals surface area contributed by atoms with E-state index in [9.17, 15) is 0 Å². The molecule has 0 bridgehead atoms. The van der Waals surface area contributed by atoms with Gasteiger partial charge >= 0.3 is 139 Å². The summed E-state index contributed by atoms with van der Waals surface area (Å²) < 4.78 is 8.70. The molecule has 0 saturated heterocycles. The number of unbranched alkanes of at least 4 members (excludes halogenated alkanes) is 4. The van der Waals surface area contributed by atoms with E-state index in [1.165, 1.54) is 39.2 Å². The van der Waals surface area contributed by atoms with Gasteiger partial charge in [0, 0.05) is 0 Å². The molecule has 2 heteroatoms. The average Bonchev–Trinajstić information content (AvgIpc) is 2.53. The Balaban J connectivity index is 1.72. The summed E-state index contributed by atoms with van der Waals surface area (Å²) in [5.41, 5.74) is 0. The van der Waals surface area contributed by atoms with Crippen molar-refractivity contribution in [2.75, 3.05) is 6.61 Å². The minimum absolute atomic E-state index is 0.0637. The summed E-state index contributed by atoms with van der Waals surface area (Å²) in [7, 11) is 0. The van der Waals surface area contributed by atoms with E-state index in [-0.39, 0.29) is 21.2 Å². The van der Waals surface area contributed by atoms with E-state index < -0.39 is 0 Å². The Labute approximate surface area is 139 Å². The molecule has 114 valence electrons. The summed E-state index contributed by atoms with van der Waals surface area (Å²) in [6.07, 6.45) is 6.43. The third-order valence-corrected chi connectivity index (χ3v) is 5.97. The summed E-state index contributed by atoms with van der Waals surface area (Å²) in [6.45, 7) is 3.09. The molecule has 0 aliphatic rings. The van der Waals surface area contributed by atoms with E-state index >= 15 is 0 Å². The van der Waals surface area contributed by atoms with Crippen LogP contribution in [0, 0.1) is 7.14 Å². The van der Waals surface area contributed by atoms with Crippen molar-refractivity contribution >= 4 is 0 Å². The van der Waals surface area contributed by atoms with Gasteiger partial charge in [-0.2, -0.15) is 0 Å². The third kappa shape index (κ3) is 6.51. The van der Waals surface area contributed by atoms with Crippen LogP contribution in [0.1, 0.15) is 39.0 Å². The van der Waals surface area contributed by atoms with Crippen LogP contribution in [0.15, 0.2) is 54.6 Å². The van der Waals surface area contributed by atoms with E-state index in [0.29, 0.717) is 0 Å². The van der Waals surface area contributed by atoms with Crippen LogP contribution in [0.2, 0.25) is 0 Å². The molecule has 0 fully saturated rings. The first-order valence-electron chi connectivity index (χ1n) is 7.81. The number of halogens is 1. The van der Waals surface area contributed by atoms with Crippen LogP contribution in [-0.4, -0.2) is 6.61 Å². The number of hydrogen-bond donors (Lipinski definition) is 0. The van der Waals surface area contributed by atoms with Gasteiger partial charge in [0.2, 0.25) is 0 Å². The Hall–Kier alpha value is -1.03. The second kappa shape index (κ2) is 9.82. The van der Waals surface area contributed by atoms with E-state index in [1.54, 1.807) is 0 Å². The van der Waals surface area contributed by atoms with Crippen LogP contribution >= 0.6 is 0 Å². The van der Waals surface area contributed by atoms with Gasteiger partial charge in [0.15, 0.2) is 0 Å². The summed E-state index contributed by atoms with van der Waals surface area (Å²) in [4.78, 5) is 0. The quantitative estimate of drug-likeness (QED) is 0.467. The van der Waals surface area contributed by atoms with Crippen molar-refractivity contribution in [2.45, 2.75) is 39.0 Å². The zero-order chi connectivity index (χ0) is 14.8. The molecule has 0 aliphatic carbocycles. The number of rotatable bonds is 9. The molecule has 21 heavy (non-hydrogen) atoms. The molecule has 2 aromatic carbocycles. The Morgan fingerprint density at radius 3 is 2.14 bits per heavy atom. The van der Waals surface area contributed by atoms with Crippen LogP contribution in [0.5, 0.6) is 5.75 Å². The molecule has 0 unspecified atom stereocenters. The predicted octanol–water partition coefficient (Wildman–Crippen LogP) is 2.16. The van der Waals surface area contributed by atoms with Crippen molar-refractivity contribution in [1.29, 1.82) is 0 Å². The maximum absolute atomic E-state index is 5.80. The first-order valence-corrected chi connectivity index (χ1v) is 9.97. The molecule has 2 aromatic rings. The third-order valence-electron chi connectivity index (χ3n) is 3.28. The molecule has 0 saturated carbocycles. The van der Waals surface area contributed by atoms with Crippen molar-refractivity contribution in [3.63, 3.8) is 0 Å². The summed E-state index contributed by atoms with van der Waals surface area (Å²) in [5, 5.41) is 0. The molecule has 0 aliphatic heterocycles. The fraction of sp³-hybridized carbons (Fsp3) is 0.368. The fourth-order valence-electron chi connectivity index (χ4n) is 2.09. The van der Waals surface area contributed by atoms with E-state index in [4.69, 9.17) is 4.74 Å². The maximum atomic E-state index is 5.80. The summed E-state index contributed by atoms with van der Waals surface area (Å²) in [6, 6.07) is 19.4. The summed E-state index contributed by atoms with van der Waals surface area (Å²) >= 11 is -0.0637. The van der Waals surface area contributed by atoms with Crippen LogP contribution in [0.4, 0.5) is 0 Å². The second-order valence-electron chi connectivity index (χ2n) is 5.11. The van der Waals surface area contributed by atoms with Gasteiger partial charge in [-0.3, -0.25) is 0 Å². The van der Waals surface area contributed by atoms with Gasteiger partial charge in [-0.05, 0) is 0 Å². The number of ether oxygens (including phenoxy) is 1. The minimum atomic E-state index is -0.0637. The molecular weight excluding hydrogens is 371 g/mol. The standard InChI is InChI=1S/C19H24IO/c1-2-3-4-5-9-16-21-19-14-12-18(13-15-19)20-17-10-7-6-8-11-17/h6-8,10-15H,2-5,9,16H2,1H3/q-1. The molecule has 1 nitrogen and oxygen atoms in total. The van der Waals surface area contributed by atoms with Crippen LogP contribution in [0.25, 0.3) is 0 Å². The van der Waals surface area contributed by atoms with Crippen LogP contribution in [0.3, 0.4) is 0 Å². The van der Waals surface area contributed by atoms with Gasteiger partial charge in [0.25, 0.3) is 0 Å². The number of hydrogen-bond acceptors (Lipinski definition) is 1.